The van der Waals surface area contributed by atoms with Crippen molar-refractivity contribution in [1.82, 2.24) is 9.78 Å². The molecule has 6 heteroatoms. The van der Waals surface area contributed by atoms with E-state index in [0.29, 0.717) is 19.6 Å². The van der Waals surface area contributed by atoms with Gasteiger partial charge in [-0.15, -0.1) is 0 Å². The molecule has 0 aliphatic heterocycles. The Balaban J connectivity index is 1.39. The van der Waals surface area contributed by atoms with Crippen molar-refractivity contribution in [3.8, 4) is 28.3 Å². The zero-order valence-corrected chi connectivity index (χ0v) is 20.4. The predicted molar refractivity (Wildman–Crippen MR) is 136 cm³/mol. The topological polar surface area (TPSA) is 66.5 Å². The van der Waals surface area contributed by atoms with Gasteiger partial charge in [-0.2, -0.15) is 5.10 Å². The molecule has 2 aromatic carbocycles. The first kappa shape index (κ1) is 24.3. The smallest absolute Gasteiger partial charge is 0.305 e. The normalized spacial score (nSPS) is 10.9. The summed E-state index contributed by atoms with van der Waals surface area (Å²) in [6.07, 6.45) is 7.60. The van der Waals surface area contributed by atoms with Gasteiger partial charge in [-0.3, -0.25) is 9.48 Å². The van der Waals surface area contributed by atoms with E-state index in [-0.39, 0.29) is 5.97 Å². The van der Waals surface area contributed by atoms with E-state index in [9.17, 15) is 4.79 Å². The van der Waals surface area contributed by atoms with Crippen LogP contribution in [0.1, 0.15) is 43.7 Å². The highest BCUT2D eigenvalue weighted by Gasteiger charge is 2.14. The quantitative estimate of drug-likeness (QED) is 0.175. The highest BCUT2D eigenvalue weighted by molar-refractivity contribution is 5.69. The summed E-state index contributed by atoms with van der Waals surface area (Å²) in [6.45, 7) is 2.89. The average Bonchev–Trinajstić information content (AvgIpc) is 3.53. The Labute approximate surface area is 206 Å². The van der Waals surface area contributed by atoms with Crippen molar-refractivity contribution in [2.45, 2.75) is 39.0 Å². The summed E-state index contributed by atoms with van der Waals surface area (Å²) in [7, 11) is 1.95. The molecule has 0 amide bonds. The van der Waals surface area contributed by atoms with Crippen LogP contribution in [0.25, 0.3) is 22.6 Å². The van der Waals surface area contributed by atoms with E-state index in [1.165, 1.54) is 0 Å². The van der Waals surface area contributed by atoms with Gasteiger partial charge in [0.2, 0.25) is 0 Å². The largest absolute Gasteiger partial charge is 0.493 e. The van der Waals surface area contributed by atoms with Crippen molar-refractivity contribution in [1.29, 1.82) is 0 Å². The van der Waals surface area contributed by atoms with Crippen LogP contribution >= 0.6 is 0 Å². The van der Waals surface area contributed by atoms with Crippen LogP contribution in [0, 0.1) is 0 Å². The Kier molecular flexibility index (Phi) is 8.39. The van der Waals surface area contributed by atoms with Crippen LogP contribution < -0.4 is 4.74 Å². The number of furan rings is 1. The summed E-state index contributed by atoms with van der Waals surface area (Å²) in [5.41, 5.74) is 5.34. The Bertz CT molecular complexity index is 1210. The molecule has 6 nitrogen and oxygen atoms in total. The molecular weight excluding hydrogens is 440 g/mol. The molecule has 0 saturated carbocycles. The number of esters is 1. The van der Waals surface area contributed by atoms with Crippen LogP contribution in [-0.4, -0.2) is 29.0 Å². The number of hydrogen-bond donors (Lipinski definition) is 0. The average molecular weight is 473 g/mol. The molecule has 0 radical (unpaired) electrons. The Morgan fingerprint density at radius 3 is 2.51 bits per heavy atom. The maximum absolute atomic E-state index is 11.5. The summed E-state index contributed by atoms with van der Waals surface area (Å²) < 4.78 is 18.5. The molecule has 0 fully saturated rings. The Morgan fingerprint density at radius 1 is 0.943 bits per heavy atom. The molecule has 0 atom stereocenters. The number of ether oxygens (including phenoxy) is 2. The van der Waals surface area contributed by atoms with Gasteiger partial charge < -0.3 is 13.9 Å². The van der Waals surface area contributed by atoms with E-state index in [4.69, 9.17) is 19.0 Å². The molecule has 0 unspecified atom stereocenters. The molecular formula is C29H32N2O4. The lowest BCUT2D eigenvalue weighted by Crippen LogP contribution is -2.04. The third kappa shape index (κ3) is 6.63. The molecule has 0 spiro atoms. The van der Waals surface area contributed by atoms with Crippen LogP contribution in [0.2, 0.25) is 0 Å². The lowest BCUT2D eigenvalue weighted by atomic mass is 10.00. The Hall–Kier alpha value is -3.80. The predicted octanol–water partition coefficient (Wildman–Crippen LogP) is 6.44. The Morgan fingerprint density at radius 2 is 1.74 bits per heavy atom. The molecule has 4 rings (SSSR count). The van der Waals surface area contributed by atoms with Gasteiger partial charge in [0.1, 0.15) is 11.5 Å². The third-order valence-corrected chi connectivity index (χ3v) is 5.81. The number of carbonyl (C=O) groups excluding carboxylic acids is 1. The number of nitrogens with zero attached hydrogens (tertiary/aromatic N) is 2. The molecule has 2 heterocycles. The highest BCUT2D eigenvalue weighted by Crippen LogP contribution is 2.29. The number of rotatable bonds is 12. The zero-order valence-electron chi connectivity index (χ0n) is 20.4. The van der Waals surface area contributed by atoms with Gasteiger partial charge in [0, 0.05) is 42.8 Å². The fourth-order valence-corrected chi connectivity index (χ4v) is 4.10. The van der Waals surface area contributed by atoms with Crippen LogP contribution in [0.3, 0.4) is 0 Å². The molecule has 2 aromatic heterocycles. The second-order valence-corrected chi connectivity index (χ2v) is 8.48. The lowest BCUT2D eigenvalue weighted by molar-refractivity contribution is -0.143. The van der Waals surface area contributed by atoms with Crippen LogP contribution in [0.15, 0.2) is 77.5 Å². The zero-order chi connectivity index (χ0) is 24.5. The van der Waals surface area contributed by atoms with Crippen molar-refractivity contribution in [2.75, 3.05) is 13.2 Å². The van der Waals surface area contributed by atoms with E-state index in [0.717, 1.165) is 65.1 Å². The van der Waals surface area contributed by atoms with Gasteiger partial charge in [-0.1, -0.05) is 42.5 Å². The minimum atomic E-state index is -0.123. The standard InChI is InChI=1S/C29H32N2O4/c1-3-33-28(32)13-5-4-8-18-34-27-11-7-6-10-24(27)20-25-21-31(2)30-29(25)23-16-14-22(15-17-23)26-12-9-19-35-26/h6-7,9-12,14-17,19,21H,3-5,8,13,18,20H2,1-2H3. The fourth-order valence-electron chi connectivity index (χ4n) is 4.10. The maximum Gasteiger partial charge on any atom is 0.305 e. The number of benzene rings is 2. The molecule has 182 valence electrons. The summed E-state index contributed by atoms with van der Waals surface area (Å²) >= 11 is 0. The van der Waals surface area contributed by atoms with Gasteiger partial charge in [0.05, 0.1) is 25.2 Å². The molecule has 0 bridgehead atoms. The van der Waals surface area contributed by atoms with Gasteiger partial charge in [-0.05, 0) is 49.9 Å². The van der Waals surface area contributed by atoms with Gasteiger partial charge in [0.15, 0.2) is 0 Å². The number of unbranched alkanes of at least 4 members (excludes halogenated alkanes) is 2. The number of aryl methyl sites for hydroxylation is 1. The van der Waals surface area contributed by atoms with Crippen molar-refractivity contribution in [3.05, 3.63) is 84.3 Å². The van der Waals surface area contributed by atoms with Crippen molar-refractivity contribution in [2.24, 2.45) is 7.05 Å². The third-order valence-electron chi connectivity index (χ3n) is 5.81. The summed E-state index contributed by atoms with van der Waals surface area (Å²) in [5.74, 6) is 1.62. The van der Waals surface area contributed by atoms with Crippen molar-refractivity contribution < 1.29 is 18.7 Å². The van der Waals surface area contributed by atoms with Gasteiger partial charge in [-0.25, -0.2) is 0 Å². The monoisotopic (exact) mass is 472 g/mol. The van der Waals surface area contributed by atoms with Crippen molar-refractivity contribution in [3.63, 3.8) is 0 Å². The van der Waals surface area contributed by atoms with E-state index < -0.39 is 0 Å². The first-order chi connectivity index (χ1) is 17.1. The first-order valence-electron chi connectivity index (χ1n) is 12.2. The lowest BCUT2D eigenvalue weighted by Gasteiger charge is -2.12. The summed E-state index contributed by atoms with van der Waals surface area (Å²) in [6, 6.07) is 20.3. The molecule has 0 saturated heterocycles. The van der Waals surface area contributed by atoms with Gasteiger partial charge in [0.25, 0.3) is 0 Å². The molecule has 0 aliphatic rings. The minimum absolute atomic E-state index is 0.123. The van der Waals surface area contributed by atoms with Crippen molar-refractivity contribution >= 4 is 5.97 Å². The molecule has 4 aromatic rings. The minimum Gasteiger partial charge on any atom is -0.493 e. The first-order valence-corrected chi connectivity index (χ1v) is 12.2. The SMILES string of the molecule is CCOC(=O)CCCCCOc1ccccc1Cc1cn(C)nc1-c1ccc(-c2ccco2)cc1. The van der Waals surface area contributed by atoms with E-state index >= 15 is 0 Å². The van der Waals surface area contributed by atoms with Crippen LogP contribution in [0.4, 0.5) is 0 Å². The second kappa shape index (κ2) is 12.1. The number of para-hydroxylation sites is 1. The molecule has 0 aliphatic carbocycles. The second-order valence-electron chi connectivity index (χ2n) is 8.48. The molecule has 35 heavy (non-hydrogen) atoms. The number of aromatic nitrogens is 2. The van der Waals surface area contributed by atoms with Crippen LogP contribution in [-0.2, 0) is 23.0 Å². The maximum atomic E-state index is 11.5. The number of hydrogen-bond acceptors (Lipinski definition) is 5. The fraction of sp³-hybridized carbons (Fsp3) is 0.310. The summed E-state index contributed by atoms with van der Waals surface area (Å²) in [4.78, 5) is 11.5. The highest BCUT2D eigenvalue weighted by atomic mass is 16.5. The van der Waals surface area contributed by atoms with E-state index in [1.54, 1.807) is 6.26 Å². The molecule has 0 N–H and O–H groups in total. The van der Waals surface area contributed by atoms with Gasteiger partial charge >= 0.3 is 5.97 Å². The summed E-state index contributed by atoms with van der Waals surface area (Å²) in [5, 5.41) is 4.74. The van der Waals surface area contributed by atoms with E-state index in [1.807, 2.05) is 49.0 Å². The van der Waals surface area contributed by atoms with Crippen LogP contribution in [0.5, 0.6) is 5.75 Å². The number of carbonyl (C=O) groups is 1. The van der Waals surface area contributed by atoms with E-state index in [2.05, 4.69) is 36.5 Å².